The summed E-state index contributed by atoms with van der Waals surface area (Å²) in [5, 5.41) is 7.69. The van der Waals surface area contributed by atoms with Crippen molar-refractivity contribution in [1.82, 2.24) is 10.6 Å². The lowest BCUT2D eigenvalue weighted by Gasteiger charge is -2.39. The first-order valence-electron chi connectivity index (χ1n) is 8.91. The Kier molecular flexibility index (Phi) is 6.29. The van der Waals surface area contributed by atoms with Crippen molar-refractivity contribution >= 4 is 21.6 Å². The molecule has 2 saturated heterocycles. The molecular formula is C16H30N2O3S2. The van der Waals surface area contributed by atoms with Gasteiger partial charge in [0.05, 0.1) is 11.9 Å². The van der Waals surface area contributed by atoms with Gasteiger partial charge in [0, 0.05) is 30.6 Å². The summed E-state index contributed by atoms with van der Waals surface area (Å²) in [5.41, 5.74) is 0. The van der Waals surface area contributed by atoms with Gasteiger partial charge in [-0.15, -0.1) is 0 Å². The number of hydrogen-bond acceptors (Lipinski definition) is 6. The lowest BCUT2D eigenvalue weighted by atomic mass is 9.83. The maximum Gasteiger partial charge on any atom is 0.150 e. The molecule has 0 aromatic rings. The molecule has 3 aliphatic rings. The molecule has 2 heterocycles. The molecule has 3 atom stereocenters. The van der Waals surface area contributed by atoms with Crippen LogP contribution < -0.4 is 10.6 Å². The summed E-state index contributed by atoms with van der Waals surface area (Å²) in [5.74, 6) is 1.84. The molecule has 5 nitrogen and oxygen atoms in total. The zero-order chi connectivity index (χ0) is 16.3. The van der Waals surface area contributed by atoms with E-state index in [-0.39, 0.29) is 11.5 Å². The van der Waals surface area contributed by atoms with Crippen molar-refractivity contribution in [3.05, 3.63) is 0 Å². The molecule has 2 aliphatic heterocycles. The van der Waals surface area contributed by atoms with E-state index < -0.39 is 9.84 Å². The number of thioether (sulfide) groups is 1. The highest BCUT2D eigenvalue weighted by atomic mass is 32.2. The molecular weight excluding hydrogens is 332 g/mol. The van der Waals surface area contributed by atoms with Crippen molar-refractivity contribution in [2.24, 2.45) is 5.92 Å². The van der Waals surface area contributed by atoms with Crippen LogP contribution in [0, 0.1) is 5.92 Å². The molecule has 3 fully saturated rings. The maximum absolute atomic E-state index is 11.7. The Morgan fingerprint density at radius 1 is 1.13 bits per heavy atom. The summed E-state index contributed by atoms with van der Waals surface area (Å²) in [6, 6.07) is 0.408. The van der Waals surface area contributed by atoms with Crippen LogP contribution >= 0.6 is 11.8 Å². The molecule has 1 saturated carbocycles. The molecule has 23 heavy (non-hydrogen) atoms. The zero-order valence-corrected chi connectivity index (χ0v) is 15.6. The first-order chi connectivity index (χ1) is 11.0. The maximum atomic E-state index is 11.7. The molecule has 2 unspecified atom stereocenters. The Morgan fingerprint density at radius 3 is 2.57 bits per heavy atom. The lowest BCUT2D eigenvalue weighted by molar-refractivity contribution is -0.000190. The van der Waals surface area contributed by atoms with E-state index in [1.807, 2.05) is 11.8 Å². The van der Waals surface area contributed by atoms with Gasteiger partial charge in [-0.2, -0.15) is 11.8 Å². The quantitative estimate of drug-likeness (QED) is 0.770. The Balaban J connectivity index is 1.43. The first-order valence-corrected chi connectivity index (χ1v) is 11.9. The van der Waals surface area contributed by atoms with Gasteiger partial charge >= 0.3 is 0 Å². The highest BCUT2D eigenvalue weighted by molar-refractivity contribution is 8.00. The van der Waals surface area contributed by atoms with E-state index in [0.29, 0.717) is 17.2 Å². The molecule has 0 amide bonds. The fourth-order valence-corrected chi connectivity index (χ4v) is 6.36. The van der Waals surface area contributed by atoms with Crippen LogP contribution in [0.2, 0.25) is 0 Å². The first kappa shape index (κ1) is 18.0. The van der Waals surface area contributed by atoms with Gasteiger partial charge in [0.15, 0.2) is 0 Å². The van der Waals surface area contributed by atoms with Crippen LogP contribution in [0.1, 0.15) is 38.5 Å². The Hall–Kier alpha value is 0.180. The van der Waals surface area contributed by atoms with Gasteiger partial charge in [-0.05, 0) is 50.2 Å². The van der Waals surface area contributed by atoms with E-state index in [4.69, 9.17) is 4.74 Å². The summed E-state index contributed by atoms with van der Waals surface area (Å²) in [4.78, 5) is 0. The Bertz CT molecular complexity index is 472. The largest absolute Gasteiger partial charge is 0.361 e. The molecule has 7 heteroatoms. The number of nitrogens with one attached hydrogen (secondary N) is 2. The minimum Gasteiger partial charge on any atom is -0.361 e. The normalized spacial score (nSPS) is 39.4. The van der Waals surface area contributed by atoms with E-state index in [0.717, 1.165) is 45.4 Å². The summed E-state index contributed by atoms with van der Waals surface area (Å²) in [7, 11) is -2.87. The van der Waals surface area contributed by atoms with E-state index in [1.165, 1.54) is 24.9 Å². The molecule has 134 valence electrons. The van der Waals surface area contributed by atoms with Gasteiger partial charge in [-0.1, -0.05) is 0 Å². The Morgan fingerprint density at radius 2 is 1.91 bits per heavy atom. The van der Waals surface area contributed by atoms with E-state index in [2.05, 4.69) is 10.6 Å². The van der Waals surface area contributed by atoms with Crippen molar-refractivity contribution in [2.45, 2.75) is 61.3 Å². The average Bonchev–Trinajstić information content (AvgIpc) is 3.06. The molecule has 0 spiro atoms. The second kappa shape index (κ2) is 8.04. The summed E-state index contributed by atoms with van der Waals surface area (Å²) >= 11 is 2.03. The van der Waals surface area contributed by atoms with Crippen LogP contribution in [-0.4, -0.2) is 62.9 Å². The van der Waals surface area contributed by atoms with Crippen LogP contribution in [0.15, 0.2) is 0 Å². The van der Waals surface area contributed by atoms with Crippen LogP contribution in [0.4, 0.5) is 0 Å². The molecule has 1 aliphatic carbocycles. The van der Waals surface area contributed by atoms with Crippen LogP contribution in [0.3, 0.4) is 0 Å². The van der Waals surface area contributed by atoms with Gasteiger partial charge in [-0.25, -0.2) is 8.42 Å². The third-order valence-electron chi connectivity index (χ3n) is 5.49. The predicted molar refractivity (Wildman–Crippen MR) is 95.6 cm³/mol. The monoisotopic (exact) mass is 362 g/mol. The van der Waals surface area contributed by atoms with Crippen molar-refractivity contribution in [1.29, 1.82) is 0 Å². The number of rotatable bonds is 5. The molecule has 2 N–H and O–H groups in total. The van der Waals surface area contributed by atoms with Crippen molar-refractivity contribution in [3.8, 4) is 0 Å². The molecule has 0 aromatic heterocycles. The molecule has 3 rings (SSSR count). The number of piperazine rings is 1. The highest BCUT2D eigenvalue weighted by Gasteiger charge is 2.34. The standard InChI is InChI=1S/C16H30N2O3S2/c1-23(19,20)14-6-4-12(5-7-14)15-9-17-10-16(18-15)21-11-13-3-2-8-22-13/h12-18H,2-11H2,1H3/t12?,13-,14?,15?,16?/m1/s1. The molecule has 0 bridgehead atoms. The van der Waals surface area contributed by atoms with Crippen molar-refractivity contribution < 1.29 is 13.2 Å². The lowest BCUT2D eigenvalue weighted by Crippen LogP contribution is -2.59. The third-order valence-corrected chi connectivity index (χ3v) is 8.54. The predicted octanol–water partition coefficient (Wildman–Crippen LogP) is 1.39. The average molecular weight is 363 g/mol. The van der Waals surface area contributed by atoms with Gasteiger partial charge in [0.1, 0.15) is 16.1 Å². The van der Waals surface area contributed by atoms with Gasteiger partial charge in [-0.3, -0.25) is 5.32 Å². The molecule has 0 aromatic carbocycles. The van der Waals surface area contributed by atoms with Gasteiger partial charge in [0.25, 0.3) is 0 Å². The van der Waals surface area contributed by atoms with Crippen LogP contribution in [-0.2, 0) is 14.6 Å². The van der Waals surface area contributed by atoms with Crippen molar-refractivity contribution in [3.63, 3.8) is 0 Å². The fourth-order valence-electron chi connectivity index (χ4n) is 4.05. The minimum atomic E-state index is -2.87. The fraction of sp³-hybridized carbons (Fsp3) is 1.00. The smallest absolute Gasteiger partial charge is 0.150 e. The van der Waals surface area contributed by atoms with E-state index >= 15 is 0 Å². The minimum absolute atomic E-state index is 0.0996. The SMILES string of the molecule is CS(=O)(=O)C1CCC(C2CNCC(OC[C@H]3CCCS3)N2)CC1. The number of hydrogen-bond donors (Lipinski definition) is 2. The van der Waals surface area contributed by atoms with E-state index in [1.54, 1.807) is 0 Å². The molecule has 0 radical (unpaired) electrons. The summed E-state index contributed by atoms with van der Waals surface area (Å²) in [6.45, 7) is 2.68. The zero-order valence-electron chi connectivity index (χ0n) is 14.0. The second-order valence-corrected chi connectivity index (χ2v) is 11.0. The summed E-state index contributed by atoms with van der Waals surface area (Å²) < 4.78 is 29.4. The van der Waals surface area contributed by atoms with Crippen LogP contribution in [0.5, 0.6) is 0 Å². The van der Waals surface area contributed by atoms with Crippen LogP contribution in [0.25, 0.3) is 0 Å². The summed E-state index contributed by atoms with van der Waals surface area (Å²) in [6.07, 6.45) is 7.71. The van der Waals surface area contributed by atoms with Gasteiger partial charge < -0.3 is 10.1 Å². The van der Waals surface area contributed by atoms with E-state index in [9.17, 15) is 8.42 Å². The third kappa shape index (κ3) is 5.08. The van der Waals surface area contributed by atoms with Crippen molar-refractivity contribution in [2.75, 3.05) is 31.7 Å². The highest BCUT2D eigenvalue weighted by Crippen LogP contribution is 2.31. The number of ether oxygens (including phenoxy) is 1. The Labute approximate surface area is 144 Å². The number of sulfone groups is 1. The second-order valence-electron chi connectivity index (χ2n) is 7.25. The van der Waals surface area contributed by atoms with Gasteiger partial charge in [0.2, 0.25) is 0 Å². The topological polar surface area (TPSA) is 67.4 Å².